The molecule has 1 rings (SSSR count). The Kier molecular flexibility index (Phi) is 7.59. The first kappa shape index (κ1) is 17.0. The zero-order chi connectivity index (χ0) is 15.0. The summed E-state index contributed by atoms with van der Waals surface area (Å²) in [6.07, 6.45) is -0.528. The second kappa shape index (κ2) is 8.95. The smallest absolute Gasteiger partial charge is 0.119 e. The van der Waals surface area contributed by atoms with Crippen molar-refractivity contribution >= 4 is 0 Å². The lowest BCUT2D eigenvalue weighted by Gasteiger charge is -2.17. The van der Waals surface area contributed by atoms with Crippen molar-refractivity contribution < 1.29 is 14.6 Å². The van der Waals surface area contributed by atoms with Crippen LogP contribution in [0.15, 0.2) is 18.2 Å². The molecule has 1 aromatic carbocycles. The molecule has 2 N–H and O–H groups in total. The molecule has 4 heteroatoms. The van der Waals surface area contributed by atoms with Crippen LogP contribution < -0.4 is 10.1 Å². The molecule has 114 valence electrons. The predicted molar refractivity (Wildman–Crippen MR) is 81.4 cm³/mol. The van der Waals surface area contributed by atoms with Gasteiger partial charge in [0.05, 0.1) is 6.61 Å². The van der Waals surface area contributed by atoms with Crippen molar-refractivity contribution in [2.24, 2.45) is 0 Å². The van der Waals surface area contributed by atoms with Crippen LogP contribution in [-0.4, -0.2) is 43.6 Å². The topological polar surface area (TPSA) is 50.7 Å². The van der Waals surface area contributed by atoms with Crippen molar-refractivity contribution in [1.82, 2.24) is 5.32 Å². The fraction of sp³-hybridized carbons (Fsp3) is 0.625. The number of aryl methyl sites for hydroxylation is 2. The first-order valence-electron chi connectivity index (χ1n) is 7.21. The van der Waals surface area contributed by atoms with Crippen LogP contribution in [0.1, 0.15) is 25.0 Å². The van der Waals surface area contributed by atoms with Crippen molar-refractivity contribution in [3.8, 4) is 5.75 Å². The predicted octanol–water partition coefficient (Wildman–Crippen LogP) is 2.06. The van der Waals surface area contributed by atoms with Gasteiger partial charge in [-0.25, -0.2) is 0 Å². The van der Waals surface area contributed by atoms with E-state index in [-0.39, 0.29) is 12.6 Å². The number of rotatable bonds is 9. The van der Waals surface area contributed by atoms with Crippen molar-refractivity contribution in [2.45, 2.75) is 39.8 Å². The Hall–Kier alpha value is -1.10. The summed E-state index contributed by atoms with van der Waals surface area (Å²) in [6, 6.07) is 6.28. The third-order valence-electron chi connectivity index (χ3n) is 2.91. The minimum Gasteiger partial charge on any atom is -0.491 e. The molecule has 0 radical (unpaired) electrons. The molecular formula is C16H27NO3. The Morgan fingerprint density at radius 3 is 2.40 bits per heavy atom. The minimum atomic E-state index is -0.528. The quantitative estimate of drug-likeness (QED) is 0.727. The van der Waals surface area contributed by atoms with E-state index >= 15 is 0 Å². The lowest BCUT2D eigenvalue weighted by atomic mass is 10.1. The van der Waals surface area contributed by atoms with Gasteiger partial charge in [-0.1, -0.05) is 6.07 Å². The molecule has 0 saturated carbocycles. The Morgan fingerprint density at radius 2 is 1.80 bits per heavy atom. The van der Waals surface area contributed by atoms with Crippen LogP contribution in [0.4, 0.5) is 0 Å². The summed E-state index contributed by atoms with van der Waals surface area (Å²) in [4.78, 5) is 0. The first-order chi connectivity index (χ1) is 9.51. The van der Waals surface area contributed by atoms with Crippen molar-refractivity contribution in [2.75, 3.05) is 26.4 Å². The van der Waals surface area contributed by atoms with Gasteiger partial charge >= 0.3 is 0 Å². The van der Waals surface area contributed by atoms with Crippen LogP contribution in [-0.2, 0) is 4.74 Å². The summed E-state index contributed by atoms with van der Waals surface area (Å²) in [5.41, 5.74) is 2.33. The SMILES string of the molecule is CCOCC(C)NCC(O)COc1cc(C)cc(C)c1. The highest BCUT2D eigenvalue weighted by Crippen LogP contribution is 2.16. The molecule has 0 fully saturated rings. The molecule has 0 aromatic heterocycles. The fourth-order valence-electron chi connectivity index (χ4n) is 1.96. The Morgan fingerprint density at radius 1 is 1.15 bits per heavy atom. The van der Waals surface area contributed by atoms with Gasteiger partial charge in [-0.3, -0.25) is 0 Å². The summed E-state index contributed by atoms with van der Waals surface area (Å²) in [7, 11) is 0. The molecule has 0 saturated heterocycles. The molecule has 0 aliphatic rings. The van der Waals surface area contributed by atoms with Crippen LogP contribution in [0.25, 0.3) is 0 Å². The van der Waals surface area contributed by atoms with Gasteiger partial charge in [0.1, 0.15) is 18.5 Å². The second-order valence-corrected chi connectivity index (χ2v) is 5.26. The van der Waals surface area contributed by atoms with Gasteiger partial charge in [-0.05, 0) is 51.0 Å². The van der Waals surface area contributed by atoms with Gasteiger partial charge in [0.2, 0.25) is 0 Å². The van der Waals surface area contributed by atoms with Crippen LogP contribution in [0, 0.1) is 13.8 Å². The second-order valence-electron chi connectivity index (χ2n) is 5.26. The number of aliphatic hydroxyl groups excluding tert-OH is 1. The molecule has 0 bridgehead atoms. The van der Waals surface area contributed by atoms with E-state index in [1.165, 1.54) is 0 Å². The largest absolute Gasteiger partial charge is 0.491 e. The van der Waals surface area contributed by atoms with E-state index in [1.807, 2.05) is 39.8 Å². The molecule has 2 atom stereocenters. The normalized spacial score (nSPS) is 14.1. The standard InChI is InChI=1S/C16H27NO3/c1-5-19-10-14(4)17-9-15(18)11-20-16-7-12(2)6-13(3)8-16/h6-8,14-15,17-18H,5,9-11H2,1-4H3. The maximum atomic E-state index is 9.90. The molecule has 2 unspecified atom stereocenters. The Bertz CT molecular complexity index is 375. The first-order valence-corrected chi connectivity index (χ1v) is 7.21. The van der Waals surface area contributed by atoms with E-state index in [1.54, 1.807) is 0 Å². The van der Waals surface area contributed by atoms with Gasteiger partial charge < -0.3 is 19.9 Å². The van der Waals surface area contributed by atoms with E-state index in [9.17, 15) is 5.11 Å². The third-order valence-corrected chi connectivity index (χ3v) is 2.91. The van der Waals surface area contributed by atoms with Gasteiger partial charge in [0, 0.05) is 19.2 Å². The zero-order valence-electron chi connectivity index (χ0n) is 13.0. The Labute approximate surface area is 122 Å². The maximum Gasteiger partial charge on any atom is 0.119 e. The molecule has 0 heterocycles. The monoisotopic (exact) mass is 281 g/mol. The van der Waals surface area contributed by atoms with E-state index in [2.05, 4.69) is 11.4 Å². The lowest BCUT2D eigenvalue weighted by Crippen LogP contribution is -2.38. The van der Waals surface area contributed by atoms with Crippen LogP contribution >= 0.6 is 0 Å². The Balaban J connectivity index is 2.27. The maximum absolute atomic E-state index is 9.90. The average molecular weight is 281 g/mol. The van der Waals surface area contributed by atoms with Crippen molar-refractivity contribution in [3.63, 3.8) is 0 Å². The van der Waals surface area contributed by atoms with Gasteiger partial charge in [-0.2, -0.15) is 0 Å². The number of nitrogens with one attached hydrogen (secondary N) is 1. The molecule has 20 heavy (non-hydrogen) atoms. The molecule has 0 aliphatic carbocycles. The van der Waals surface area contributed by atoms with E-state index in [0.717, 1.165) is 16.9 Å². The van der Waals surface area contributed by atoms with E-state index in [4.69, 9.17) is 9.47 Å². The number of hydrogen-bond donors (Lipinski definition) is 2. The summed E-state index contributed by atoms with van der Waals surface area (Å²) >= 11 is 0. The molecule has 4 nitrogen and oxygen atoms in total. The summed E-state index contributed by atoms with van der Waals surface area (Å²) in [5, 5.41) is 13.1. The molecule has 0 spiro atoms. The highest BCUT2D eigenvalue weighted by Gasteiger charge is 2.08. The number of ether oxygens (including phenoxy) is 2. The van der Waals surface area contributed by atoms with Crippen molar-refractivity contribution in [1.29, 1.82) is 0 Å². The van der Waals surface area contributed by atoms with Crippen LogP contribution in [0.5, 0.6) is 5.75 Å². The highest BCUT2D eigenvalue weighted by molar-refractivity contribution is 5.32. The number of benzene rings is 1. The third kappa shape index (κ3) is 6.89. The minimum absolute atomic E-state index is 0.228. The number of aliphatic hydroxyl groups is 1. The van der Waals surface area contributed by atoms with E-state index < -0.39 is 6.10 Å². The average Bonchev–Trinajstić information content (AvgIpc) is 2.39. The fourth-order valence-corrected chi connectivity index (χ4v) is 1.96. The molecule has 0 aliphatic heterocycles. The van der Waals surface area contributed by atoms with Crippen LogP contribution in [0.3, 0.4) is 0 Å². The molecule has 1 aromatic rings. The zero-order valence-corrected chi connectivity index (χ0v) is 13.0. The van der Waals surface area contributed by atoms with Gasteiger partial charge in [-0.15, -0.1) is 0 Å². The highest BCUT2D eigenvalue weighted by atomic mass is 16.5. The van der Waals surface area contributed by atoms with Gasteiger partial charge in [0.15, 0.2) is 0 Å². The van der Waals surface area contributed by atoms with E-state index in [0.29, 0.717) is 19.8 Å². The van der Waals surface area contributed by atoms with Crippen molar-refractivity contribution in [3.05, 3.63) is 29.3 Å². The summed E-state index contributed by atoms with van der Waals surface area (Å²) in [5.74, 6) is 0.809. The van der Waals surface area contributed by atoms with Gasteiger partial charge in [0.25, 0.3) is 0 Å². The number of hydrogen-bond acceptors (Lipinski definition) is 4. The summed E-state index contributed by atoms with van der Waals surface area (Å²) < 4.78 is 10.9. The van der Waals surface area contributed by atoms with Crippen LogP contribution in [0.2, 0.25) is 0 Å². The summed E-state index contributed by atoms with van der Waals surface area (Å²) in [6.45, 7) is 10.2. The lowest BCUT2D eigenvalue weighted by molar-refractivity contribution is 0.0907. The molecule has 0 amide bonds. The molecular weight excluding hydrogens is 254 g/mol.